The van der Waals surface area contributed by atoms with Gasteiger partial charge in [0, 0.05) is 11.4 Å². The number of ether oxygens (including phenoxy) is 2. The Hall–Kier alpha value is -4.05. The zero-order valence-electron chi connectivity index (χ0n) is 17.3. The quantitative estimate of drug-likeness (QED) is 0.224. The molecule has 0 aromatic heterocycles. The van der Waals surface area contributed by atoms with E-state index in [9.17, 15) is 0 Å². The van der Waals surface area contributed by atoms with E-state index in [1.54, 1.807) is 0 Å². The normalized spacial score (nSPS) is 10.6. The second-order valence-electron chi connectivity index (χ2n) is 6.84. The van der Waals surface area contributed by atoms with E-state index in [4.69, 9.17) is 38.5 Å². The Morgan fingerprint density at radius 1 is 0.485 bits per heavy atom. The first-order valence-corrected chi connectivity index (χ1v) is 11.0. The lowest BCUT2D eigenvalue weighted by atomic mass is 10.1. The van der Waals surface area contributed by atoms with Crippen LogP contribution in [0.3, 0.4) is 0 Å². The first-order valence-electron chi connectivity index (χ1n) is 9.63. The standard InChI is InChI=1S/C24H20N2O2.H2O4S/c25-19-5-13-23(14-6-19)27-21-9-1-17(2-10-21)18-3-11-22(12-4-18)28-24-15-7-20(26)8-16-24;1-5(2,3)4/h1-16H,25-26H2;(H2,1,2,3,4). The summed E-state index contributed by atoms with van der Waals surface area (Å²) in [7, 11) is -4.67. The van der Waals surface area contributed by atoms with Crippen LogP contribution in [0, 0.1) is 0 Å². The van der Waals surface area contributed by atoms with E-state index in [-0.39, 0.29) is 0 Å². The molecule has 0 aliphatic rings. The fraction of sp³-hybridized carbons (Fsp3) is 0. The fourth-order valence-electron chi connectivity index (χ4n) is 2.77. The SMILES string of the molecule is Nc1ccc(Oc2ccc(-c3ccc(Oc4ccc(N)cc4)cc3)cc2)cc1.O=S(=O)(O)O. The monoisotopic (exact) mass is 466 g/mol. The smallest absolute Gasteiger partial charge is 0.394 e. The average Bonchev–Trinajstić information content (AvgIpc) is 2.77. The van der Waals surface area contributed by atoms with Crippen molar-refractivity contribution in [2.45, 2.75) is 0 Å². The van der Waals surface area contributed by atoms with Crippen LogP contribution in [0.1, 0.15) is 0 Å². The molecule has 0 saturated heterocycles. The van der Waals surface area contributed by atoms with E-state index in [0.717, 1.165) is 34.1 Å². The Balaban J connectivity index is 0.000000555. The molecule has 0 aliphatic carbocycles. The summed E-state index contributed by atoms with van der Waals surface area (Å²) in [4.78, 5) is 0. The van der Waals surface area contributed by atoms with Gasteiger partial charge in [-0.05, 0) is 83.9 Å². The highest BCUT2D eigenvalue weighted by molar-refractivity contribution is 7.79. The van der Waals surface area contributed by atoms with E-state index in [0.29, 0.717) is 11.4 Å². The van der Waals surface area contributed by atoms with Gasteiger partial charge in [0.2, 0.25) is 0 Å². The summed E-state index contributed by atoms with van der Waals surface area (Å²) in [5.74, 6) is 3.06. The van der Waals surface area contributed by atoms with Crippen LogP contribution in [-0.2, 0) is 10.4 Å². The highest BCUT2D eigenvalue weighted by atomic mass is 32.3. The second-order valence-corrected chi connectivity index (χ2v) is 7.73. The topological polar surface area (TPSA) is 145 Å². The molecule has 0 atom stereocenters. The van der Waals surface area contributed by atoms with E-state index in [2.05, 4.69) is 0 Å². The molecule has 6 N–H and O–H groups in total. The van der Waals surface area contributed by atoms with Crippen LogP contribution in [0.5, 0.6) is 23.0 Å². The average molecular weight is 467 g/mol. The maximum Gasteiger partial charge on any atom is 0.394 e. The molecule has 9 heteroatoms. The number of anilines is 2. The van der Waals surface area contributed by atoms with Gasteiger partial charge in [-0.3, -0.25) is 9.11 Å². The van der Waals surface area contributed by atoms with Gasteiger partial charge in [-0.2, -0.15) is 8.42 Å². The molecule has 170 valence electrons. The molecule has 4 aromatic rings. The van der Waals surface area contributed by atoms with Gasteiger partial charge in [-0.15, -0.1) is 0 Å². The van der Waals surface area contributed by atoms with Gasteiger partial charge < -0.3 is 20.9 Å². The highest BCUT2D eigenvalue weighted by Crippen LogP contribution is 2.29. The van der Waals surface area contributed by atoms with Crippen molar-refractivity contribution in [1.29, 1.82) is 0 Å². The van der Waals surface area contributed by atoms with Gasteiger partial charge in [-0.25, -0.2) is 0 Å². The van der Waals surface area contributed by atoms with Gasteiger partial charge in [0.25, 0.3) is 0 Å². The number of rotatable bonds is 5. The summed E-state index contributed by atoms with van der Waals surface area (Å²) >= 11 is 0. The third kappa shape index (κ3) is 8.19. The molecule has 0 fully saturated rings. The lowest BCUT2D eigenvalue weighted by molar-refractivity contribution is 0.381. The zero-order valence-corrected chi connectivity index (χ0v) is 18.1. The van der Waals surface area contributed by atoms with E-state index in [1.165, 1.54) is 0 Å². The lowest BCUT2D eigenvalue weighted by Crippen LogP contribution is -1.89. The first kappa shape index (κ1) is 23.6. The minimum absolute atomic E-state index is 0.714. The maximum atomic E-state index is 8.74. The van der Waals surface area contributed by atoms with Crippen molar-refractivity contribution >= 4 is 21.8 Å². The highest BCUT2D eigenvalue weighted by Gasteiger charge is 2.02. The molecule has 8 nitrogen and oxygen atoms in total. The largest absolute Gasteiger partial charge is 0.457 e. The van der Waals surface area contributed by atoms with Crippen molar-refractivity contribution in [2.24, 2.45) is 0 Å². The summed E-state index contributed by atoms with van der Waals surface area (Å²) in [5.41, 5.74) is 15.0. The third-order valence-electron chi connectivity index (χ3n) is 4.27. The minimum Gasteiger partial charge on any atom is -0.457 e. The third-order valence-corrected chi connectivity index (χ3v) is 4.27. The number of benzene rings is 4. The van der Waals surface area contributed by atoms with E-state index in [1.807, 2.05) is 97.1 Å². The van der Waals surface area contributed by atoms with Crippen LogP contribution in [0.2, 0.25) is 0 Å². The van der Waals surface area contributed by atoms with Crippen molar-refractivity contribution in [3.8, 4) is 34.1 Å². The molecule has 0 bridgehead atoms. The summed E-state index contributed by atoms with van der Waals surface area (Å²) in [6, 6.07) is 30.6. The molecule has 0 spiro atoms. The Morgan fingerprint density at radius 2 is 0.697 bits per heavy atom. The van der Waals surface area contributed by atoms with Crippen LogP contribution < -0.4 is 20.9 Å². The Labute approximate surface area is 191 Å². The molecule has 33 heavy (non-hydrogen) atoms. The number of hydrogen-bond donors (Lipinski definition) is 4. The lowest BCUT2D eigenvalue weighted by Gasteiger charge is -2.09. The van der Waals surface area contributed by atoms with E-state index >= 15 is 0 Å². The van der Waals surface area contributed by atoms with Crippen molar-refractivity contribution in [3.63, 3.8) is 0 Å². The summed E-state index contributed by atoms with van der Waals surface area (Å²) < 4.78 is 43.3. The predicted octanol–water partition coefficient (Wildman–Crippen LogP) is 5.45. The second kappa shape index (κ2) is 10.5. The Morgan fingerprint density at radius 3 is 0.939 bits per heavy atom. The molecule has 0 radical (unpaired) electrons. The molecule has 4 aromatic carbocycles. The van der Waals surface area contributed by atoms with Gasteiger partial charge in [0.05, 0.1) is 0 Å². The number of nitrogen functional groups attached to an aromatic ring is 2. The predicted molar refractivity (Wildman–Crippen MR) is 128 cm³/mol. The summed E-state index contributed by atoms with van der Waals surface area (Å²) in [6.07, 6.45) is 0. The summed E-state index contributed by atoms with van der Waals surface area (Å²) in [6.45, 7) is 0. The number of hydrogen-bond acceptors (Lipinski definition) is 6. The van der Waals surface area contributed by atoms with Gasteiger partial charge in [-0.1, -0.05) is 24.3 Å². The molecule has 0 amide bonds. The summed E-state index contributed by atoms with van der Waals surface area (Å²) in [5, 5.41) is 0. The van der Waals surface area contributed by atoms with Crippen molar-refractivity contribution in [2.75, 3.05) is 11.5 Å². The molecular formula is C24H22N2O6S. The Kier molecular flexibility index (Phi) is 7.52. The minimum atomic E-state index is -4.67. The van der Waals surface area contributed by atoms with E-state index < -0.39 is 10.4 Å². The van der Waals surface area contributed by atoms with Gasteiger partial charge >= 0.3 is 10.4 Å². The van der Waals surface area contributed by atoms with Crippen LogP contribution >= 0.6 is 0 Å². The van der Waals surface area contributed by atoms with Crippen LogP contribution in [0.4, 0.5) is 11.4 Å². The number of nitrogens with two attached hydrogens (primary N) is 2. The van der Waals surface area contributed by atoms with Crippen LogP contribution in [0.15, 0.2) is 97.1 Å². The van der Waals surface area contributed by atoms with Gasteiger partial charge in [0.15, 0.2) is 0 Å². The van der Waals surface area contributed by atoms with Gasteiger partial charge in [0.1, 0.15) is 23.0 Å². The molecule has 0 saturated carbocycles. The van der Waals surface area contributed by atoms with Crippen molar-refractivity contribution in [3.05, 3.63) is 97.1 Å². The van der Waals surface area contributed by atoms with Crippen molar-refractivity contribution in [1.82, 2.24) is 0 Å². The molecule has 0 unspecified atom stereocenters. The maximum absolute atomic E-state index is 8.74. The zero-order chi connectivity index (χ0) is 23.8. The van der Waals surface area contributed by atoms with Crippen LogP contribution in [-0.4, -0.2) is 17.5 Å². The van der Waals surface area contributed by atoms with Crippen LogP contribution in [0.25, 0.3) is 11.1 Å². The molecular weight excluding hydrogens is 444 g/mol. The van der Waals surface area contributed by atoms with Crippen molar-refractivity contribution < 1.29 is 27.0 Å². The molecule has 0 heterocycles. The molecule has 0 aliphatic heterocycles. The molecule has 4 rings (SSSR count). The first-order chi connectivity index (χ1) is 15.7. The fourth-order valence-corrected chi connectivity index (χ4v) is 2.77. The Bertz CT molecular complexity index is 1180.